The third-order valence-corrected chi connectivity index (χ3v) is 3.42. The molecule has 3 N–H and O–H groups in total. The monoisotopic (exact) mass is 300 g/mol. The van der Waals surface area contributed by atoms with Crippen LogP contribution in [0.3, 0.4) is 0 Å². The maximum Gasteiger partial charge on any atom is 0.255 e. The van der Waals surface area contributed by atoms with Crippen LogP contribution in [0.4, 0.5) is 0 Å². The summed E-state index contributed by atoms with van der Waals surface area (Å²) < 4.78 is 5.67. The van der Waals surface area contributed by atoms with Crippen molar-refractivity contribution in [3.05, 3.63) is 47.7 Å². The Bertz CT molecular complexity index is 662. The SMILES string of the molecule is Cc1oc(-c2ccccc2)cc1C(=O)NC(C)CCC(N)=O. The van der Waals surface area contributed by atoms with Crippen molar-refractivity contribution >= 4 is 11.8 Å². The van der Waals surface area contributed by atoms with E-state index in [4.69, 9.17) is 10.2 Å². The first-order valence-corrected chi connectivity index (χ1v) is 7.22. The van der Waals surface area contributed by atoms with E-state index in [1.807, 2.05) is 37.3 Å². The summed E-state index contributed by atoms with van der Waals surface area (Å²) in [5.74, 6) is 0.652. The van der Waals surface area contributed by atoms with E-state index >= 15 is 0 Å². The number of amides is 2. The molecule has 1 unspecified atom stereocenters. The zero-order valence-corrected chi connectivity index (χ0v) is 12.8. The van der Waals surface area contributed by atoms with Crippen molar-refractivity contribution in [2.24, 2.45) is 5.73 Å². The topological polar surface area (TPSA) is 85.3 Å². The third kappa shape index (κ3) is 3.97. The zero-order chi connectivity index (χ0) is 16.1. The largest absolute Gasteiger partial charge is 0.461 e. The van der Waals surface area contributed by atoms with Gasteiger partial charge in [0.15, 0.2) is 0 Å². The molecule has 0 radical (unpaired) electrons. The molecular formula is C17H20N2O3. The molecule has 1 aromatic carbocycles. The molecule has 2 amide bonds. The van der Waals surface area contributed by atoms with Gasteiger partial charge in [-0.1, -0.05) is 30.3 Å². The number of rotatable bonds is 6. The number of carbonyl (C=O) groups is 2. The fourth-order valence-electron chi connectivity index (χ4n) is 2.18. The highest BCUT2D eigenvalue weighted by Crippen LogP contribution is 2.25. The van der Waals surface area contributed by atoms with Crippen molar-refractivity contribution in [3.63, 3.8) is 0 Å². The van der Waals surface area contributed by atoms with Crippen LogP contribution in [0.1, 0.15) is 35.9 Å². The summed E-state index contributed by atoms with van der Waals surface area (Å²) in [6, 6.07) is 11.2. The van der Waals surface area contributed by atoms with Gasteiger partial charge in [0.1, 0.15) is 11.5 Å². The Morgan fingerprint density at radius 2 is 1.95 bits per heavy atom. The van der Waals surface area contributed by atoms with Gasteiger partial charge >= 0.3 is 0 Å². The van der Waals surface area contributed by atoms with Crippen LogP contribution in [0, 0.1) is 6.92 Å². The summed E-state index contributed by atoms with van der Waals surface area (Å²) in [6.07, 6.45) is 0.768. The fourth-order valence-corrected chi connectivity index (χ4v) is 2.18. The molecule has 1 heterocycles. The molecule has 0 saturated heterocycles. The molecule has 1 aromatic heterocycles. The van der Waals surface area contributed by atoms with Crippen LogP contribution in [0.5, 0.6) is 0 Å². The van der Waals surface area contributed by atoms with Gasteiger partial charge in [-0.2, -0.15) is 0 Å². The lowest BCUT2D eigenvalue weighted by atomic mass is 10.1. The van der Waals surface area contributed by atoms with E-state index in [0.29, 0.717) is 23.5 Å². The molecule has 116 valence electrons. The number of furan rings is 1. The van der Waals surface area contributed by atoms with Crippen LogP contribution < -0.4 is 11.1 Å². The Morgan fingerprint density at radius 3 is 2.59 bits per heavy atom. The van der Waals surface area contributed by atoms with E-state index in [9.17, 15) is 9.59 Å². The summed E-state index contributed by atoms with van der Waals surface area (Å²) in [7, 11) is 0. The minimum Gasteiger partial charge on any atom is -0.461 e. The highest BCUT2D eigenvalue weighted by molar-refractivity contribution is 5.96. The van der Waals surface area contributed by atoms with Crippen molar-refractivity contribution in [3.8, 4) is 11.3 Å². The number of primary amides is 1. The van der Waals surface area contributed by atoms with E-state index in [0.717, 1.165) is 5.56 Å². The Hall–Kier alpha value is -2.56. The Balaban J connectivity index is 2.07. The molecule has 1 atom stereocenters. The highest BCUT2D eigenvalue weighted by Gasteiger charge is 2.17. The van der Waals surface area contributed by atoms with E-state index in [2.05, 4.69) is 5.32 Å². The van der Waals surface area contributed by atoms with Crippen LogP contribution in [0.25, 0.3) is 11.3 Å². The minimum absolute atomic E-state index is 0.130. The second-order valence-corrected chi connectivity index (χ2v) is 5.33. The molecular weight excluding hydrogens is 280 g/mol. The number of hydrogen-bond acceptors (Lipinski definition) is 3. The van der Waals surface area contributed by atoms with E-state index < -0.39 is 0 Å². The molecule has 0 fully saturated rings. The van der Waals surface area contributed by atoms with Crippen LogP contribution >= 0.6 is 0 Å². The number of nitrogens with two attached hydrogens (primary N) is 1. The van der Waals surface area contributed by atoms with Crippen molar-refractivity contribution < 1.29 is 14.0 Å². The molecule has 5 nitrogen and oxygen atoms in total. The summed E-state index contributed by atoms with van der Waals surface area (Å²) in [4.78, 5) is 23.0. The number of hydrogen-bond donors (Lipinski definition) is 2. The minimum atomic E-state index is -0.369. The zero-order valence-electron chi connectivity index (χ0n) is 12.8. The summed E-state index contributed by atoms with van der Waals surface area (Å²) in [6.45, 7) is 3.60. The molecule has 2 aromatic rings. The third-order valence-electron chi connectivity index (χ3n) is 3.42. The second kappa shape index (κ2) is 6.93. The van der Waals surface area contributed by atoms with Gasteiger partial charge in [0, 0.05) is 18.0 Å². The summed E-state index contributed by atoms with van der Waals surface area (Å²) in [5, 5.41) is 2.85. The van der Waals surface area contributed by atoms with Gasteiger partial charge in [-0.3, -0.25) is 9.59 Å². The van der Waals surface area contributed by atoms with Crippen LogP contribution in [0.2, 0.25) is 0 Å². The molecule has 0 aliphatic carbocycles. The lowest BCUT2D eigenvalue weighted by Gasteiger charge is -2.12. The summed E-state index contributed by atoms with van der Waals surface area (Å²) in [5.41, 5.74) is 6.53. The van der Waals surface area contributed by atoms with Gasteiger partial charge in [-0.05, 0) is 26.3 Å². The van der Waals surface area contributed by atoms with Crippen molar-refractivity contribution in [2.45, 2.75) is 32.7 Å². The average Bonchev–Trinajstić information content (AvgIpc) is 2.88. The Labute approximate surface area is 129 Å². The fraction of sp³-hybridized carbons (Fsp3) is 0.294. The predicted octanol–water partition coefficient (Wildman–Crippen LogP) is 2.64. The number of nitrogens with one attached hydrogen (secondary N) is 1. The molecule has 0 bridgehead atoms. The van der Waals surface area contributed by atoms with Gasteiger partial charge in [-0.15, -0.1) is 0 Å². The first kappa shape index (κ1) is 15.8. The number of carbonyl (C=O) groups excluding carboxylic acids is 2. The first-order valence-electron chi connectivity index (χ1n) is 7.22. The molecule has 0 spiro atoms. The van der Waals surface area contributed by atoms with Gasteiger partial charge in [0.2, 0.25) is 5.91 Å². The van der Waals surface area contributed by atoms with E-state index in [-0.39, 0.29) is 24.3 Å². The van der Waals surface area contributed by atoms with Crippen LogP contribution in [-0.2, 0) is 4.79 Å². The molecule has 22 heavy (non-hydrogen) atoms. The lowest BCUT2D eigenvalue weighted by molar-refractivity contribution is -0.118. The molecule has 0 aliphatic heterocycles. The first-order chi connectivity index (χ1) is 10.5. The van der Waals surface area contributed by atoms with Gasteiger partial charge in [-0.25, -0.2) is 0 Å². The maximum absolute atomic E-state index is 12.3. The molecule has 0 aliphatic rings. The average molecular weight is 300 g/mol. The van der Waals surface area contributed by atoms with Gasteiger partial charge in [0.05, 0.1) is 5.56 Å². The predicted molar refractivity (Wildman–Crippen MR) is 84.2 cm³/mol. The number of benzene rings is 1. The number of aryl methyl sites for hydroxylation is 1. The van der Waals surface area contributed by atoms with Crippen LogP contribution in [-0.4, -0.2) is 17.9 Å². The smallest absolute Gasteiger partial charge is 0.255 e. The maximum atomic E-state index is 12.3. The summed E-state index contributed by atoms with van der Waals surface area (Å²) >= 11 is 0. The van der Waals surface area contributed by atoms with Gasteiger partial charge < -0.3 is 15.5 Å². The van der Waals surface area contributed by atoms with Crippen molar-refractivity contribution in [1.82, 2.24) is 5.32 Å². The molecule has 0 saturated carbocycles. The molecule has 2 rings (SSSR count). The van der Waals surface area contributed by atoms with Gasteiger partial charge in [0.25, 0.3) is 5.91 Å². The normalized spacial score (nSPS) is 11.9. The Kier molecular flexibility index (Phi) is 4.99. The molecule has 5 heteroatoms. The Morgan fingerprint density at radius 1 is 1.27 bits per heavy atom. The standard InChI is InChI=1S/C17H20N2O3/c1-11(8-9-16(18)20)19-17(21)14-10-15(22-12(14)2)13-6-4-3-5-7-13/h3-7,10-11H,8-9H2,1-2H3,(H2,18,20)(H,19,21). The van der Waals surface area contributed by atoms with Crippen LogP contribution in [0.15, 0.2) is 40.8 Å². The second-order valence-electron chi connectivity index (χ2n) is 5.33. The lowest BCUT2D eigenvalue weighted by Crippen LogP contribution is -2.33. The van der Waals surface area contributed by atoms with Crippen molar-refractivity contribution in [1.29, 1.82) is 0 Å². The van der Waals surface area contributed by atoms with Crippen molar-refractivity contribution in [2.75, 3.05) is 0 Å². The quantitative estimate of drug-likeness (QED) is 0.860. The van der Waals surface area contributed by atoms with E-state index in [1.165, 1.54) is 0 Å². The highest BCUT2D eigenvalue weighted by atomic mass is 16.3. The van der Waals surface area contributed by atoms with E-state index in [1.54, 1.807) is 13.0 Å².